The maximum atomic E-state index is 14.8. The summed E-state index contributed by atoms with van der Waals surface area (Å²) in [5.41, 5.74) is 2.41. The first-order valence-corrected chi connectivity index (χ1v) is 10.4. The summed E-state index contributed by atoms with van der Waals surface area (Å²) < 4.78 is 27.9. The van der Waals surface area contributed by atoms with Gasteiger partial charge in [-0.25, -0.2) is 13.8 Å². The highest BCUT2D eigenvalue weighted by Gasteiger charge is 2.17. The predicted molar refractivity (Wildman–Crippen MR) is 116 cm³/mol. The van der Waals surface area contributed by atoms with E-state index >= 15 is 0 Å². The Hall–Kier alpha value is -3.39. The number of hydrogen-bond donors (Lipinski definition) is 2. The number of H-pyrrole nitrogens is 2. The van der Waals surface area contributed by atoms with Crippen molar-refractivity contribution in [2.24, 2.45) is 0 Å². The number of hydrogen-bond acceptors (Lipinski definition) is 4. The summed E-state index contributed by atoms with van der Waals surface area (Å²) in [6, 6.07) is 9.30. The molecule has 0 amide bonds. The van der Waals surface area contributed by atoms with Crippen molar-refractivity contribution >= 4 is 23.1 Å². The van der Waals surface area contributed by atoms with Crippen LogP contribution < -0.4 is 0 Å². The van der Waals surface area contributed by atoms with Crippen LogP contribution in [0.4, 0.5) is 8.78 Å². The molecule has 2 aromatic heterocycles. The van der Waals surface area contributed by atoms with Crippen molar-refractivity contribution in [3.05, 3.63) is 65.1 Å². The van der Waals surface area contributed by atoms with Crippen molar-refractivity contribution in [1.29, 1.82) is 0 Å². The lowest BCUT2D eigenvalue weighted by Crippen LogP contribution is -2.29. The number of piperidine rings is 1. The number of fused-ring (bicyclic) bond motifs is 1. The Kier molecular flexibility index (Phi) is 5.30. The zero-order valence-electron chi connectivity index (χ0n) is 16.9. The summed E-state index contributed by atoms with van der Waals surface area (Å²) in [5.74, 6) is 0.378. The molecule has 4 aromatic rings. The van der Waals surface area contributed by atoms with Gasteiger partial charge in [0.25, 0.3) is 0 Å². The van der Waals surface area contributed by atoms with Gasteiger partial charge in [0.2, 0.25) is 0 Å². The second-order valence-electron chi connectivity index (χ2n) is 7.81. The first-order valence-electron chi connectivity index (χ1n) is 10.4. The van der Waals surface area contributed by atoms with Gasteiger partial charge in [0.15, 0.2) is 5.82 Å². The van der Waals surface area contributed by atoms with Crippen LogP contribution in [-0.4, -0.2) is 43.4 Å². The van der Waals surface area contributed by atoms with E-state index in [9.17, 15) is 8.78 Å². The van der Waals surface area contributed by atoms with E-state index in [4.69, 9.17) is 0 Å². The molecule has 3 heterocycles. The highest BCUT2D eigenvalue weighted by Crippen LogP contribution is 2.27. The number of nitrogens with one attached hydrogen (secondary N) is 2. The van der Waals surface area contributed by atoms with Gasteiger partial charge in [0, 0.05) is 11.5 Å². The van der Waals surface area contributed by atoms with Crippen LogP contribution >= 0.6 is 0 Å². The summed E-state index contributed by atoms with van der Waals surface area (Å²) in [5, 5.41) is 15.1. The lowest BCUT2D eigenvalue weighted by atomic mass is 10.1. The number of nitrogens with zero attached hydrogens (tertiary/aromatic N) is 4. The lowest BCUT2D eigenvalue weighted by molar-refractivity contribution is 0.216. The van der Waals surface area contributed by atoms with Gasteiger partial charge in [-0.3, -0.25) is 15.1 Å². The number of aromatic nitrogens is 5. The molecule has 0 saturated carbocycles. The van der Waals surface area contributed by atoms with E-state index < -0.39 is 5.82 Å². The number of benzene rings is 2. The van der Waals surface area contributed by atoms with E-state index in [1.54, 1.807) is 18.2 Å². The maximum Gasteiger partial charge on any atom is 0.184 e. The third kappa shape index (κ3) is 4.25. The van der Waals surface area contributed by atoms with Crippen LogP contribution in [0.15, 0.2) is 36.4 Å². The summed E-state index contributed by atoms with van der Waals surface area (Å²) >= 11 is 0. The largest absolute Gasteiger partial charge is 0.296 e. The van der Waals surface area contributed by atoms with E-state index in [0.29, 0.717) is 29.1 Å². The summed E-state index contributed by atoms with van der Waals surface area (Å²) in [7, 11) is 0. The molecule has 31 heavy (non-hydrogen) atoms. The molecule has 2 N–H and O–H groups in total. The first kappa shape index (κ1) is 19.6. The molecule has 2 aromatic carbocycles. The quantitative estimate of drug-likeness (QED) is 0.487. The Morgan fingerprint density at radius 3 is 2.55 bits per heavy atom. The van der Waals surface area contributed by atoms with Gasteiger partial charge in [-0.05, 0) is 55.8 Å². The van der Waals surface area contributed by atoms with Crippen LogP contribution in [0, 0.1) is 11.6 Å². The molecular weight excluding hydrogens is 398 g/mol. The van der Waals surface area contributed by atoms with E-state index in [1.807, 2.05) is 12.2 Å². The SMILES string of the molecule is Fc1ccc(C=Cc2n[nH]c3cc(F)c(-c4n[nH]c(CN5CCCCC5)n4)cc23)cc1. The zero-order chi connectivity index (χ0) is 21.2. The van der Waals surface area contributed by atoms with Gasteiger partial charge < -0.3 is 0 Å². The molecule has 6 nitrogen and oxygen atoms in total. The van der Waals surface area contributed by atoms with Crippen molar-refractivity contribution < 1.29 is 8.78 Å². The zero-order valence-corrected chi connectivity index (χ0v) is 16.9. The molecule has 158 valence electrons. The minimum atomic E-state index is -0.409. The van der Waals surface area contributed by atoms with Crippen molar-refractivity contribution in [1.82, 2.24) is 30.3 Å². The van der Waals surface area contributed by atoms with Crippen LogP contribution in [0.5, 0.6) is 0 Å². The molecule has 1 saturated heterocycles. The van der Waals surface area contributed by atoms with Gasteiger partial charge in [-0.1, -0.05) is 24.6 Å². The molecule has 0 bridgehead atoms. The Balaban J connectivity index is 1.42. The standard InChI is InChI=1S/C23H22F2N6/c24-16-7-4-15(5-8-16)6-9-20-18-12-17(19(25)13-21(18)28-27-20)23-26-22(29-30-23)14-31-10-2-1-3-11-31/h4-9,12-13H,1-3,10-11,14H2,(H,27,28)(H,26,29,30). The normalized spacial score (nSPS) is 15.3. The molecule has 0 aliphatic carbocycles. The molecule has 1 aliphatic rings. The topological polar surface area (TPSA) is 73.5 Å². The van der Waals surface area contributed by atoms with Gasteiger partial charge in [0.05, 0.1) is 23.3 Å². The predicted octanol–water partition coefficient (Wildman–Crippen LogP) is 4.78. The molecule has 1 fully saturated rings. The maximum absolute atomic E-state index is 14.8. The van der Waals surface area contributed by atoms with Crippen molar-refractivity contribution in [2.75, 3.05) is 13.1 Å². The number of likely N-dealkylation sites (tertiary alicyclic amines) is 1. The van der Waals surface area contributed by atoms with E-state index in [0.717, 1.165) is 29.9 Å². The number of halogens is 2. The highest BCUT2D eigenvalue weighted by atomic mass is 19.1. The first-order chi connectivity index (χ1) is 15.2. The van der Waals surface area contributed by atoms with Gasteiger partial charge in [-0.15, -0.1) is 0 Å². The summed E-state index contributed by atoms with van der Waals surface area (Å²) in [4.78, 5) is 6.86. The van der Waals surface area contributed by atoms with E-state index in [-0.39, 0.29) is 5.82 Å². The Morgan fingerprint density at radius 1 is 0.935 bits per heavy atom. The van der Waals surface area contributed by atoms with Gasteiger partial charge in [-0.2, -0.15) is 10.2 Å². The fraction of sp³-hybridized carbons (Fsp3) is 0.261. The minimum Gasteiger partial charge on any atom is -0.296 e. The Bertz CT molecular complexity index is 1220. The average Bonchev–Trinajstić information content (AvgIpc) is 3.40. The smallest absolute Gasteiger partial charge is 0.184 e. The van der Waals surface area contributed by atoms with Gasteiger partial charge in [0.1, 0.15) is 17.5 Å². The van der Waals surface area contributed by atoms with Gasteiger partial charge >= 0.3 is 0 Å². The van der Waals surface area contributed by atoms with Crippen molar-refractivity contribution in [3.8, 4) is 11.4 Å². The highest BCUT2D eigenvalue weighted by molar-refractivity contribution is 5.92. The Morgan fingerprint density at radius 2 is 1.74 bits per heavy atom. The number of rotatable bonds is 5. The van der Waals surface area contributed by atoms with Crippen molar-refractivity contribution in [3.63, 3.8) is 0 Å². The van der Waals surface area contributed by atoms with Crippen molar-refractivity contribution in [2.45, 2.75) is 25.8 Å². The van der Waals surface area contributed by atoms with E-state index in [1.165, 1.54) is 37.5 Å². The molecule has 5 rings (SSSR count). The lowest BCUT2D eigenvalue weighted by Gasteiger charge is -2.24. The monoisotopic (exact) mass is 420 g/mol. The van der Waals surface area contributed by atoms with Crippen LogP contribution in [0.2, 0.25) is 0 Å². The molecule has 0 radical (unpaired) electrons. The molecular formula is C23H22F2N6. The van der Waals surface area contributed by atoms with Crippen LogP contribution in [-0.2, 0) is 6.54 Å². The fourth-order valence-electron chi connectivity index (χ4n) is 3.92. The molecule has 0 unspecified atom stereocenters. The average molecular weight is 420 g/mol. The summed E-state index contributed by atoms with van der Waals surface area (Å²) in [6.07, 6.45) is 7.31. The molecule has 0 atom stereocenters. The van der Waals surface area contributed by atoms with Crippen LogP contribution in [0.25, 0.3) is 34.4 Å². The summed E-state index contributed by atoms with van der Waals surface area (Å²) in [6.45, 7) is 2.79. The minimum absolute atomic E-state index is 0.284. The molecule has 1 aliphatic heterocycles. The van der Waals surface area contributed by atoms with E-state index in [2.05, 4.69) is 30.3 Å². The third-order valence-electron chi connectivity index (χ3n) is 5.58. The van der Waals surface area contributed by atoms with Crippen LogP contribution in [0.1, 0.15) is 36.3 Å². The fourth-order valence-corrected chi connectivity index (χ4v) is 3.92. The third-order valence-corrected chi connectivity index (χ3v) is 5.58. The molecule has 8 heteroatoms. The Labute approximate surface area is 178 Å². The second-order valence-corrected chi connectivity index (χ2v) is 7.81. The van der Waals surface area contributed by atoms with Crippen LogP contribution in [0.3, 0.4) is 0 Å². The second kappa shape index (κ2) is 8.39. The number of aromatic amines is 2. The molecule has 0 spiro atoms.